The Hall–Kier alpha value is -1.29. The normalized spacial score (nSPS) is 14.8. The molecule has 0 amide bonds. The summed E-state index contributed by atoms with van der Waals surface area (Å²) >= 11 is 0. The van der Waals surface area contributed by atoms with Gasteiger partial charge in [-0.3, -0.25) is 4.79 Å². The fourth-order valence-electron chi connectivity index (χ4n) is 2.15. The second-order valence-electron chi connectivity index (χ2n) is 4.92. The van der Waals surface area contributed by atoms with Gasteiger partial charge >= 0.3 is 5.97 Å². The topological polar surface area (TPSA) is 53.7 Å². The van der Waals surface area contributed by atoms with Gasteiger partial charge in [0, 0.05) is 18.7 Å². The number of carboxylic acids is 1. The average Bonchev–Trinajstić information content (AvgIpc) is 2.70. The summed E-state index contributed by atoms with van der Waals surface area (Å²) in [5, 5.41) is 9.29. The Morgan fingerprint density at radius 2 is 2.29 bits per heavy atom. The van der Waals surface area contributed by atoms with Crippen molar-refractivity contribution in [2.45, 2.75) is 33.2 Å². The molecule has 0 radical (unpaired) electrons. The van der Waals surface area contributed by atoms with E-state index in [2.05, 4.69) is 0 Å². The third-order valence-electron chi connectivity index (χ3n) is 2.97. The van der Waals surface area contributed by atoms with Gasteiger partial charge in [0.2, 0.25) is 0 Å². The van der Waals surface area contributed by atoms with Crippen LogP contribution < -0.4 is 0 Å². The van der Waals surface area contributed by atoms with Gasteiger partial charge in [-0.2, -0.15) is 0 Å². The first-order valence-electron chi connectivity index (χ1n) is 5.91. The SMILES string of the molecule is CCCC(C)(CN(C)Cc1ccoc1)C(=O)O. The molecule has 0 bridgehead atoms. The lowest BCUT2D eigenvalue weighted by Crippen LogP contribution is -2.39. The molecule has 1 aromatic rings. The summed E-state index contributed by atoms with van der Waals surface area (Å²) in [6.07, 6.45) is 4.89. The molecule has 0 fully saturated rings. The predicted molar refractivity (Wildman–Crippen MR) is 65.7 cm³/mol. The summed E-state index contributed by atoms with van der Waals surface area (Å²) in [5.41, 5.74) is 0.393. The minimum absolute atomic E-state index is 0.543. The summed E-state index contributed by atoms with van der Waals surface area (Å²) in [6, 6.07) is 1.90. The highest BCUT2D eigenvalue weighted by Crippen LogP contribution is 2.25. The molecule has 1 unspecified atom stereocenters. The van der Waals surface area contributed by atoms with Crippen LogP contribution in [-0.2, 0) is 11.3 Å². The quantitative estimate of drug-likeness (QED) is 0.794. The fourth-order valence-corrected chi connectivity index (χ4v) is 2.15. The molecular weight excluding hydrogens is 218 g/mol. The minimum Gasteiger partial charge on any atom is -0.481 e. The van der Waals surface area contributed by atoms with E-state index in [0.29, 0.717) is 19.5 Å². The zero-order valence-corrected chi connectivity index (χ0v) is 10.8. The van der Waals surface area contributed by atoms with E-state index in [1.807, 2.05) is 31.9 Å². The Labute approximate surface area is 102 Å². The molecule has 1 rings (SSSR count). The summed E-state index contributed by atoms with van der Waals surface area (Å²) < 4.78 is 5.00. The first-order valence-corrected chi connectivity index (χ1v) is 5.91. The molecule has 1 heterocycles. The molecule has 17 heavy (non-hydrogen) atoms. The smallest absolute Gasteiger partial charge is 0.310 e. The molecule has 0 saturated carbocycles. The number of furan rings is 1. The van der Waals surface area contributed by atoms with Crippen LogP contribution in [0.3, 0.4) is 0 Å². The number of hydrogen-bond donors (Lipinski definition) is 1. The first kappa shape index (κ1) is 13.8. The van der Waals surface area contributed by atoms with Crippen molar-refractivity contribution in [2.24, 2.45) is 5.41 Å². The molecule has 0 aliphatic carbocycles. The van der Waals surface area contributed by atoms with E-state index in [0.717, 1.165) is 12.0 Å². The molecule has 0 saturated heterocycles. The van der Waals surface area contributed by atoms with Crippen LogP contribution in [-0.4, -0.2) is 29.6 Å². The maximum absolute atomic E-state index is 11.3. The predicted octanol–water partition coefficient (Wildman–Crippen LogP) is 2.60. The number of rotatable bonds is 7. The zero-order valence-electron chi connectivity index (χ0n) is 10.8. The second kappa shape index (κ2) is 5.87. The minimum atomic E-state index is -0.724. The number of hydrogen-bond acceptors (Lipinski definition) is 3. The Bertz CT molecular complexity index is 348. The zero-order chi connectivity index (χ0) is 12.9. The van der Waals surface area contributed by atoms with Gasteiger partial charge in [0.25, 0.3) is 0 Å². The summed E-state index contributed by atoms with van der Waals surface area (Å²) in [7, 11) is 1.93. The van der Waals surface area contributed by atoms with Crippen molar-refractivity contribution in [3.8, 4) is 0 Å². The van der Waals surface area contributed by atoms with Crippen molar-refractivity contribution in [3.63, 3.8) is 0 Å². The molecule has 1 atom stereocenters. The molecule has 1 N–H and O–H groups in total. The number of aliphatic carboxylic acids is 1. The lowest BCUT2D eigenvalue weighted by Gasteiger charge is -2.29. The van der Waals surface area contributed by atoms with E-state index in [-0.39, 0.29) is 0 Å². The summed E-state index contributed by atoms with van der Waals surface area (Å²) in [5.74, 6) is -0.724. The van der Waals surface area contributed by atoms with Gasteiger partial charge in [0.1, 0.15) is 0 Å². The molecule has 96 valence electrons. The van der Waals surface area contributed by atoms with E-state index in [1.165, 1.54) is 0 Å². The van der Waals surface area contributed by atoms with Crippen LogP contribution in [0.5, 0.6) is 0 Å². The van der Waals surface area contributed by atoms with E-state index >= 15 is 0 Å². The van der Waals surface area contributed by atoms with E-state index in [1.54, 1.807) is 12.5 Å². The van der Waals surface area contributed by atoms with Crippen LogP contribution in [0, 0.1) is 5.41 Å². The van der Waals surface area contributed by atoms with Crippen LogP contribution in [0.25, 0.3) is 0 Å². The van der Waals surface area contributed by atoms with Crippen LogP contribution in [0.2, 0.25) is 0 Å². The third-order valence-corrected chi connectivity index (χ3v) is 2.97. The van der Waals surface area contributed by atoms with Gasteiger partial charge in [-0.1, -0.05) is 13.3 Å². The molecule has 4 heteroatoms. The Balaban J connectivity index is 2.58. The Morgan fingerprint density at radius 3 is 2.76 bits per heavy atom. The van der Waals surface area contributed by atoms with Crippen molar-refractivity contribution >= 4 is 5.97 Å². The fraction of sp³-hybridized carbons (Fsp3) is 0.615. The van der Waals surface area contributed by atoms with Gasteiger partial charge in [0.05, 0.1) is 17.9 Å². The maximum atomic E-state index is 11.3. The lowest BCUT2D eigenvalue weighted by molar-refractivity contribution is -0.149. The first-order chi connectivity index (χ1) is 7.98. The van der Waals surface area contributed by atoms with E-state index < -0.39 is 11.4 Å². The van der Waals surface area contributed by atoms with Crippen molar-refractivity contribution in [1.29, 1.82) is 0 Å². The van der Waals surface area contributed by atoms with Gasteiger partial charge < -0.3 is 14.4 Å². The van der Waals surface area contributed by atoms with Gasteiger partial charge in [-0.05, 0) is 26.5 Å². The summed E-state index contributed by atoms with van der Waals surface area (Å²) in [6.45, 7) is 5.08. The number of nitrogens with zero attached hydrogens (tertiary/aromatic N) is 1. The van der Waals surface area contributed by atoms with E-state index in [9.17, 15) is 9.90 Å². The van der Waals surface area contributed by atoms with Crippen molar-refractivity contribution in [2.75, 3.05) is 13.6 Å². The largest absolute Gasteiger partial charge is 0.481 e. The number of carboxylic acid groups (broad SMARTS) is 1. The van der Waals surface area contributed by atoms with Crippen LogP contribution >= 0.6 is 0 Å². The van der Waals surface area contributed by atoms with Gasteiger partial charge in [0.15, 0.2) is 0 Å². The molecule has 0 aliphatic rings. The average molecular weight is 239 g/mol. The molecule has 1 aromatic heterocycles. The molecule has 0 spiro atoms. The highest BCUT2D eigenvalue weighted by atomic mass is 16.4. The van der Waals surface area contributed by atoms with Crippen LogP contribution in [0.4, 0.5) is 0 Å². The molecule has 0 aliphatic heterocycles. The number of carbonyl (C=O) groups is 1. The van der Waals surface area contributed by atoms with Crippen LogP contribution in [0.1, 0.15) is 32.3 Å². The van der Waals surface area contributed by atoms with Crippen molar-refractivity contribution in [1.82, 2.24) is 4.90 Å². The second-order valence-corrected chi connectivity index (χ2v) is 4.92. The monoisotopic (exact) mass is 239 g/mol. The summed E-state index contributed by atoms with van der Waals surface area (Å²) in [4.78, 5) is 13.3. The lowest BCUT2D eigenvalue weighted by atomic mass is 9.85. The molecule has 0 aromatic carbocycles. The molecular formula is C13H21NO3. The molecule has 4 nitrogen and oxygen atoms in total. The highest BCUT2D eigenvalue weighted by molar-refractivity contribution is 5.74. The Kier molecular flexibility index (Phi) is 4.75. The standard InChI is InChI=1S/C13H21NO3/c1-4-6-13(2,12(15)16)10-14(3)8-11-5-7-17-9-11/h5,7,9H,4,6,8,10H2,1-3H3,(H,15,16). The van der Waals surface area contributed by atoms with Gasteiger partial charge in [-0.15, -0.1) is 0 Å². The third kappa shape index (κ3) is 3.89. The van der Waals surface area contributed by atoms with Crippen molar-refractivity contribution < 1.29 is 14.3 Å². The maximum Gasteiger partial charge on any atom is 0.310 e. The Morgan fingerprint density at radius 1 is 1.59 bits per heavy atom. The van der Waals surface area contributed by atoms with Gasteiger partial charge in [-0.25, -0.2) is 0 Å². The van der Waals surface area contributed by atoms with Crippen LogP contribution in [0.15, 0.2) is 23.0 Å². The van der Waals surface area contributed by atoms with E-state index in [4.69, 9.17) is 4.42 Å². The highest BCUT2D eigenvalue weighted by Gasteiger charge is 2.33. The van der Waals surface area contributed by atoms with Crippen molar-refractivity contribution in [3.05, 3.63) is 24.2 Å².